The summed E-state index contributed by atoms with van der Waals surface area (Å²) in [6.45, 7) is 4.28. The molecule has 0 radical (unpaired) electrons. The van der Waals surface area contributed by atoms with Gasteiger partial charge in [-0.2, -0.15) is 0 Å². The summed E-state index contributed by atoms with van der Waals surface area (Å²) >= 11 is 12.0. The summed E-state index contributed by atoms with van der Waals surface area (Å²) in [6, 6.07) is 13.3. The van der Waals surface area contributed by atoms with E-state index in [4.69, 9.17) is 27.9 Å². The molecule has 1 N–H and O–H groups in total. The molecule has 1 unspecified atom stereocenters. The van der Waals surface area contributed by atoms with E-state index in [1.807, 2.05) is 25.1 Å². The molecule has 0 aliphatic heterocycles. The predicted molar refractivity (Wildman–Crippen MR) is 94.4 cm³/mol. The van der Waals surface area contributed by atoms with Crippen LogP contribution >= 0.6 is 23.2 Å². The molecule has 2 aromatic rings. The van der Waals surface area contributed by atoms with Crippen molar-refractivity contribution in [3.63, 3.8) is 0 Å². The zero-order valence-corrected chi connectivity index (χ0v) is 14.6. The van der Waals surface area contributed by atoms with Gasteiger partial charge in [-0.3, -0.25) is 4.79 Å². The molecular formula is C18H19Cl2NO2. The minimum atomic E-state index is -0.650. The Bertz CT molecular complexity index is 688. The number of rotatable bonds is 6. The topological polar surface area (TPSA) is 38.3 Å². The number of aryl methyl sites for hydroxylation is 1. The second-order valence-electron chi connectivity index (χ2n) is 5.34. The highest BCUT2D eigenvalue weighted by Gasteiger charge is 2.16. The SMILES string of the molecule is Cc1cccc(CCNC(=O)C(C)Oc2cccc(Cl)c2Cl)c1. The van der Waals surface area contributed by atoms with Crippen LogP contribution in [0.3, 0.4) is 0 Å². The summed E-state index contributed by atoms with van der Waals surface area (Å²) in [6.07, 6.45) is 0.126. The average Bonchev–Trinajstić information content (AvgIpc) is 2.51. The Balaban J connectivity index is 1.84. The first-order chi connectivity index (χ1) is 11.0. The van der Waals surface area contributed by atoms with Crippen LogP contribution in [0.25, 0.3) is 0 Å². The van der Waals surface area contributed by atoms with Gasteiger partial charge in [0.05, 0.1) is 5.02 Å². The first-order valence-corrected chi connectivity index (χ1v) is 8.17. The monoisotopic (exact) mass is 351 g/mol. The van der Waals surface area contributed by atoms with Gasteiger partial charge in [0.15, 0.2) is 6.10 Å². The highest BCUT2D eigenvalue weighted by atomic mass is 35.5. The second-order valence-corrected chi connectivity index (χ2v) is 6.13. The zero-order chi connectivity index (χ0) is 16.8. The molecule has 23 heavy (non-hydrogen) atoms. The van der Waals surface area contributed by atoms with Gasteiger partial charge in [-0.15, -0.1) is 0 Å². The molecule has 0 aliphatic rings. The number of halogens is 2. The third kappa shape index (κ3) is 5.15. The van der Waals surface area contributed by atoms with Gasteiger partial charge in [-0.1, -0.05) is 59.1 Å². The molecule has 0 saturated heterocycles. The molecule has 3 nitrogen and oxygen atoms in total. The molecule has 5 heteroatoms. The molecule has 0 spiro atoms. The van der Waals surface area contributed by atoms with Gasteiger partial charge in [0, 0.05) is 6.54 Å². The van der Waals surface area contributed by atoms with Crippen molar-refractivity contribution < 1.29 is 9.53 Å². The van der Waals surface area contributed by atoms with E-state index < -0.39 is 6.10 Å². The third-order valence-corrected chi connectivity index (χ3v) is 4.19. The van der Waals surface area contributed by atoms with Crippen molar-refractivity contribution >= 4 is 29.1 Å². The van der Waals surface area contributed by atoms with E-state index in [2.05, 4.69) is 11.4 Å². The predicted octanol–water partition coefficient (Wildman–Crippen LogP) is 4.43. The zero-order valence-electron chi connectivity index (χ0n) is 13.1. The van der Waals surface area contributed by atoms with Gasteiger partial charge in [0.1, 0.15) is 10.8 Å². The number of ether oxygens (including phenoxy) is 1. The van der Waals surface area contributed by atoms with Crippen molar-refractivity contribution in [3.05, 3.63) is 63.6 Å². The first-order valence-electron chi connectivity index (χ1n) is 7.41. The number of amides is 1. The molecular weight excluding hydrogens is 333 g/mol. The van der Waals surface area contributed by atoms with Crippen LogP contribution in [0.2, 0.25) is 10.0 Å². The molecule has 1 amide bonds. The van der Waals surface area contributed by atoms with Crippen molar-refractivity contribution in [1.82, 2.24) is 5.32 Å². The summed E-state index contributed by atoms with van der Waals surface area (Å²) in [5, 5.41) is 3.58. The third-order valence-electron chi connectivity index (χ3n) is 3.38. The van der Waals surface area contributed by atoms with Crippen molar-refractivity contribution in [2.24, 2.45) is 0 Å². The van der Waals surface area contributed by atoms with Gasteiger partial charge >= 0.3 is 0 Å². The number of carbonyl (C=O) groups excluding carboxylic acids is 1. The van der Waals surface area contributed by atoms with Crippen LogP contribution in [0.4, 0.5) is 0 Å². The van der Waals surface area contributed by atoms with Gasteiger partial charge in [-0.25, -0.2) is 0 Å². The van der Waals surface area contributed by atoms with Crippen LogP contribution in [0.5, 0.6) is 5.75 Å². The number of carbonyl (C=O) groups is 1. The van der Waals surface area contributed by atoms with Crippen molar-refractivity contribution in [2.75, 3.05) is 6.54 Å². The van der Waals surface area contributed by atoms with Crippen molar-refractivity contribution in [3.8, 4) is 5.75 Å². The summed E-state index contributed by atoms with van der Waals surface area (Å²) in [4.78, 5) is 12.1. The molecule has 2 rings (SSSR count). The Labute approximate surface area is 146 Å². The second kappa shape index (κ2) is 8.23. The fraction of sp³-hybridized carbons (Fsp3) is 0.278. The number of nitrogens with one attached hydrogen (secondary N) is 1. The maximum atomic E-state index is 12.1. The molecule has 2 aromatic carbocycles. The van der Waals surface area contributed by atoms with E-state index in [0.29, 0.717) is 22.3 Å². The van der Waals surface area contributed by atoms with E-state index in [-0.39, 0.29) is 5.91 Å². The molecule has 0 heterocycles. The van der Waals surface area contributed by atoms with Crippen LogP contribution in [0.1, 0.15) is 18.1 Å². The Morgan fingerprint density at radius 1 is 1.22 bits per heavy atom. The Hall–Kier alpha value is -1.71. The Kier molecular flexibility index (Phi) is 6.31. The lowest BCUT2D eigenvalue weighted by Crippen LogP contribution is -2.37. The van der Waals surface area contributed by atoms with Crippen LogP contribution in [0.15, 0.2) is 42.5 Å². The molecule has 0 fully saturated rings. The van der Waals surface area contributed by atoms with Crippen LogP contribution in [0, 0.1) is 6.92 Å². The number of hydrogen-bond acceptors (Lipinski definition) is 2. The molecule has 1 atom stereocenters. The van der Waals surface area contributed by atoms with Gasteiger partial charge in [-0.05, 0) is 38.0 Å². The quantitative estimate of drug-likeness (QED) is 0.835. The van der Waals surface area contributed by atoms with E-state index in [0.717, 1.165) is 6.42 Å². The number of benzene rings is 2. The van der Waals surface area contributed by atoms with Crippen LogP contribution in [-0.4, -0.2) is 18.6 Å². The van der Waals surface area contributed by atoms with Crippen molar-refractivity contribution in [1.29, 1.82) is 0 Å². The summed E-state index contributed by atoms with van der Waals surface area (Å²) in [7, 11) is 0. The van der Waals surface area contributed by atoms with E-state index in [9.17, 15) is 4.79 Å². The van der Waals surface area contributed by atoms with Gasteiger partial charge in [0.25, 0.3) is 5.91 Å². The van der Waals surface area contributed by atoms with Crippen LogP contribution in [-0.2, 0) is 11.2 Å². The van der Waals surface area contributed by atoms with Crippen molar-refractivity contribution in [2.45, 2.75) is 26.4 Å². The summed E-state index contributed by atoms with van der Waals surface area (Å²) in [5.74, 6) is 0.217. The largest absolute Gasteiger partial charge is 0.479 e. The lowest BCUT2D eigenvalue weighted by Gasteiger charge is -2.16. The minimum absolute atomic E-state index is 0.186. The lowest BCUT2D eigenvalue weighted by molar-refractivity contribution is -0.127. The molecule has 0 aromatic heterocycles. The normalized spacial score (nSPS) is 11.8. The summed E-state index contributed by atoms with van der Waals surface area (Å²) < 4.78 is 5.58. The lowest BCUT2D eigenvalue weighted by atomic mass is 10.1. The molecule has 0 bridgehead atoms. The van der Waals surface area contributed by atoms with Gasteiger partial charge in [0.2, 0.25) is 0 Å². The fourth-order valence-electron chi connectivity index (χ4n) is 2.16. The summed E-state index contributed by atoms with van der Waals surface area (Å²) in [5.41, 5.74) is 2.40. The first kappa shape index (κ1) is 17.6. The molecule has 122 valence electrons. The number of hydrogen-bond donors (Lipinski definition) is 1. The minimum Gasteiger partial charge on any atom is -0.479 e. The maximum Gasteiger partial charge on any atom is 0.260 e. The van der Waals surface area contributed by atoms with E-state index in [1.165, 1.54) is 11.1 Å². The Morgan fingerprint density at radius 3 is 2.70 bits per heavy atom. The van der Waals surface area contributed by atoms with E-state index >= 15 is 0 Å². The average molecular weight is 352 g/mol. The van der Waals surface area contributed by atoms with Crippen LogP contribution < -0.4 is 10.1 Å². The smallest absolute Gasteiger partial charge is 0.260 e. The highest BCUT2D eigenvalue weighted by molar-refractivity contribution is 6.42. The molecule has 0 aliphatic carbocycles. The Morgan fingerprint density at radius 2 is 1.96 bits per heavy atom. The van der Waals surface area contributed by atoms with Gasteiger partial charge < -0.3 is 10.1 Å². The maximum absolute atomic E-state index is 12.1. The fourth-order valence-corrected chi connectivity index (χ4v) is 2.50. The molecule has 0 saturated carbocycles. The highest BCUT2D eigenvalue weighted by Crippen LogP contribution is 2.32. The standard InChI is InChI=1S/C18H19Cl2NO2/c1-12-5-3-6-14(11-12)9-10-21-18(22)13(2)23-16-8-4-7-15(19)17(16)20/h3-8,11,13H,9-10H2,1-2H3,(H,21,22). The van der Waals surface area contributed by atoms with E-state index in [1.54, 1.807) is 25.1 Å².